The van der Waals surface area contributed by atoms with Gasteiger partial charge >= 0.3 is 0 Å². The van der Waals surface area contributed by atoms with Crippen LogP contribution in [0.5, 0.6) is 0 Å². The average molecular weight is 392 g/mol. The Hall–Kier alpha value is -0.770. The number of ether oxygens (including phenoxy) is 1. The molecule has 0 saturated carbocycles. The van der Waals surface area contributed by atoms with Gasteiger partial charge in [-0.25, -0.2) is 0 Å². The summed E-state index contributed by atoms with van der Waals surface area (Å²) in [6.07, 6.45) is 5.24. The summed E-state index contributed by atoms with van der Waals surface area (Å²) in [5.41, 5.74) is 5.10. The second-order valence-electron chi connectivity index (χ2n) is 5.36. The summed E-state index contributed by atoms with van der Waals surface area (Å²) in [4.78, 5) is 0. The van der Waals surface area contributed by atoms with Crippen molar-refractivity contribution < 1.29 is 4.74 Å². The van der Waals surface area contributed by atoms with Crippen LogP contribution in [0.25, 0.3) is 0 Å². The van der Waals surface area contributed by atoms with Crippen LogP contribution in [0.3, 0.4) is 0 Å². The predicted molar refractivity (Wildman–Crippen MR) is 105 cm³/mol. The highest BCUT2D eigenvalue weighted by atomic mass is 79.9. The fraction of sp³-hybridized carbons (Fsp3) is 0.350. The van der Waals surface area contributed by atoms with Gasteiger partial charge in [0, 0.05) is 11.9 Å². The van der Waals surface area contributed by atoms with Gasteiger partial charge in [-0.3, -0.25) is 0 Å². The van der Waals surface area contributed by atoms with Gasteiger partial charge in [-0.15, -0.1) is 0 Å². The topological polar surface area (TPSA) is 9.23 Å². The Bertz CT molecular complexity index is 585. The number of alkyl halides is 1. The molecule has 1 radical (unpaired) electrons. The van der Waals surface area contributed by atoms with Crippen LogP contribution in [-0.2, 0) is 16.5 Å². The van der Waals surface area contributed by atoms with E-state index in [4.69, 9.17) is 4.74 Å². The maximum Gasteiger partial charge on any atom is 0.156 e. The Kier molecular flexibility index (Phi) is 8.21. The molecule has 1 nitrogen and oxygen atoms in total. The number of halogens is 1. The van der Waals surface area contributed by atoms with Gasteiger partial charge in [0.15, 0.2) is 6.10 Å². The number of rotatable bonds is 9. The van der Waals surface area contributed by atoms with Crippen LogP contribution < -0.4 is 0 Å². The van der Waals surface area contributed by atoms with E-state index < -0.39 is 0 Å². The summed E-state index contributed by atoms with van der Waals surface area (Å²) < 4.78 is 6.16. The maximum atomic E-state index is 6.16. The van der Waals surface area contributed by atoms with Crippen molar-refractivity contribution in [2.45, 2.75) is 25.1 Å². The minimum absolute atomic E-state index is 0.737. The Balaban J connectivity index is 2.41. The largest absolute Gasteiger partial charge is 0.362 e. The molecule has 0 N–H and O–H groups in total. The summed E-state index contributed by atoms with van der Waals surface area (Å²) in [5.74, 6) is 1.14. The van der Waals surface area contributed by atoms with Crippen molar-refractivity contribution in [3.8, 4) is 0 Å². The first-order valence-corrected chi connectivity index (χ1v) is 10.5. The minimum atomic E-state index is 0.737. The Morgan fingerprint density at radius 3 is 2.52 bits per heavy atom. The quantitative estimate of drug-likeness (QED) is 0.496. The van der Waals surface area contributed by atoms with E-state index in [1.54, 1.807) is 0 Å². The maximum absolute atomic E-state index is 6.16. The molecule has 2 aromatic carbocycles. The fourth-order valence-corrected chi connectivity index (χ4v) is 3.65. The van der Waals surface area contributed by atoms with Crippen LogP contribution in [0.4, 0.5) is 0 Å². The molecule has 0 aliphatic carbocycles. The van der Waals surface area contributed by atoms with Gasteiger partial charge in [-0.1, -0.05) is 71.4 Å². The Labute approximate surface area is 153 Å². The molecule has 0 heterocycles. The minimum Gasteiger partial charge on any atom is -0.362 e. The number of benzene rings is 2. The highest BCUT2D eigenvalue weighted by Crippen LogP contribution is 2.31. The molecule has 123 valence electrons. The molecule has 0 saturated heterocycles. The first-order valence-electron chi connectivity index (χ1n) is 8.03. The zero-order chi connectivity index (χ0) is 16.5. The summed E-state index contributed by atoms with van der Waals surface area (Å²) in [7, 11) is 0. The molecule has 2 rings (SSSR count). The highest BCUT2D eigenvalue weighted by Gasteiger charge is 2.20. The van der Waals surface area contributed by atoms with Crippen LogP contribution in [0, 0.1) is 6.10 Å². The van der Waals surface area contributed by atoms with Gasteiger partial charge in [0.2, 0.25) is 0 Å². The number of hydrogen-bond donors (Lipinski definition) is 0. The van der Waals surface area contributed by atoms with Gasteiger partial charge < -0.3 is 4.74 Å². The molecule has 2 aromatic rings. The zero-order valence-electron chi connectivity index (χ0n) is 13.8. The van der Waals surface area contributed by atoms with E-state index in [0.29, 0.717) is 0 Å². The van der Waals surface area contributed by atoms with Crippen LogP contribution >= 0.6 is 27.7 Å². The third kappa shape index (κ3) is 5.10. The third-order valence-corrected chi connectivity index (χ3v) is 4.89. The van der Waals surface area contributed by atoms with E-state index in [2.05, 4.69) is 71.6 Å². The second kappa shape index (κ2) is 10.2. The zero-order valence-corrected chi connectivity index (χ0v) is 16.3. The van der Waals surface area contributed by atoms with E-state index in [0.717, 1.165) is 42.2 Å². The van der Waals surface area contributed by atoms with Gasteiger partial charge in [-0.2, -0.15) is 11.8 Å². The third-order valence-electron chi connectivity index (χ3n) is 3.71. The van der Waals surface area contributed by atoms with Crippen LogP contribution in [-0.4, -0.2) is 18.6 Å². The molecular weight excluding hydrogens is 368 g/mol. The van der Waals surface area contributed by atoms with Gasteiger partial charge in [0.1, 0.15) is 0 Å². The van der Waals surface area contributed by atoms with Crippen molar-refractivity contribution in [1.29, 1.82) is 0 Å². The van der Waals surface area contributed by atoms with Crippen molar-refractivity contribution >= 4 is 27.7 Å². The lowest BCUT2D eigenvalue weighted by molar-refractivity contribution is 0.176. The summed E-state index contributed by atoms with van der Waals surface area (Å²) in [6, 6.07) is 17.0. The molecule has 0 bridgehead atoms. The SMILES string of the molecule is CCCO[C](c1ccccc1)c1cccc(CCSC)c1CBr. The Morgan fingerprint density at radius 1 is 1.09 bits per heavy atom. The van der Waals surface area contributed by atoms with Crippen LogP contribution in [0.1, 0.15) is 35.6 Å². The van der Waals surface area contributed by atoms with E-state index in [1.807, 2.05) is 17.8 Å². The first-order chi connectivity index (χ1) is 11.3. The Morgan fingerprint density at radius 2 is 1.87 bits per heavy atom. The lowest BCUT2D eigenvalue weighted by Gasteiger charge is -2.21. The van der Waals surface area contributed by atoms with Crippen LogP contribution in [0.15, 0.2) is 48.5 Å². The molecule has 0 unspecified atom stereocenters. The van der Waals surface area contributed by atoms with Crippen molar-refractivity contribution in [1.82, 2.24) is 0 Å². The monoisotopic (exact) mass is 391 g/mol. The van der Waals surface area contributed by atoms with E-state index in [9.17, 15) is 0 Å². The summed E-state index contributed by atoms with van der Waals surface area (Å²) in [6.45, 7) is 2.88. The van der Waals surface area contributed by atoms with Crippen molar-refractivity contribution in [2.24, 2.45) is 0 Å². The molecule has 0 aliphatic rings. The molecule has 0 amide bonds. The smallest absolute Gasteiger partial charge is 0.156 e. The van der Waals surface area contributed by atoms with E-state index >= 15 is 0 Å². The van der Waals surface area contributed by atoms with Crippen molar-refractivity contribution in [3.05, 3.63) is 76.9 Å². The lowest BCUT2D eigenvalue weighted by Crippen LogP contribution is -2.12. The number of aryl methyl sites for hydroxylation is 1. The second-order valence-corrected chi connectivity index (χ2v) is 6.91. The normalized spacial score (nSPS) is 11.1. The van der Waals surface area contributed by atoms with E-state index in [1.165, 1.54) is 16.7 Å². The summed E-state index contributed by atoms with van der Waals surface area (Å²) >= 11 is 5.57. The van der Waals surface area contributed by atoms with Gasteiger partial charge in [-0.05, 0) is 47.1 Å². The molecule has 0 spiro atoms. The molecule has 23 heavy (non-hydrogen) atoms. The number of thioether (sulfide) groups is 1. The standard InChI is InChI=1S/C20H24BrOS/c1-3-13-22-20(17-8-5-4-6-9-17)18-11-7-10-16(12-14-23-2)19(18)15-21/h4-11H,3,12-15H2,1-2H3. The summed E-state index contributed by atoms with van der Waals surface area (Å²) in [5, 5.41) is 0.846. The van der Waals surface area contributed by atoms with Gasteiger partial charge in [0.05, 0.1) is 0 Å². The molecule has 0 aliphatic heterocycles. The van der Waals surface area contributed by atoms with Gasteiger partial charge in [0.25, 0.3) is 0 Å². The molecule has 0 atom stereocenters. The number of hydrogen-bond acceptors (Lipinski definition) is 2. The predicted octanol–water partition coefficient (Wildman–Crippen LogP) is 5.84. The molecular formula is C20H24BrOS. The van der Waals surface area contributed by atoms with Crippen LogP contribution in [0.2, 0.25) is 0 Å². The molecule has 0 aromatic heterocycles. The highest BCUT2D eigenvalue weighted by molar-refractivity contribution is 9.08. The first kappa shape index (κ1) is 18.6. The average Bonchev–Trinajstić information content (AvgIpc) is 2.61. The fourth-order valence-electron chi connectivity index (χ4n) is 2.56. The van der Waals surface area contributed by atoms with E-state index in [-0.39, 0.29) is 0 Å². The van der Waals surface area contributed by atoms with Crippen molar-refractivity contribution in [3.63, 3.8) is 0 Å². The molecule has 3 heteroatoms. The molecule has 0 fully saturated rings. The van der Waals surface area contributed by atoms with Crippen molar-refractivity contribution in [2.75, 3.05) is 18.6 Å². The lowest BCUT2D eigenvalue weighted by atomic mass is 9.93.